The van der Waals surface area contributed by atoms with Crippen molar-refractivity contribution in [3.8, 4) is 0 Å². The molecule has 45 heavy (non-hydrogen) atoms. The van der Waals surface area contributed by atoms with Crippen LogP contribution < -0.4 is 9.62 Å². The minimum Gasteiger partial charge on any atom is -0.355 e. The second-order valence-electron chi connectivity index (χ2n) is 10.1. The van der Waals surface area contributed by atoms with Crippen molar-refractivity contribution in [3.63, 3.8) is 0 Å². The van der Waals surface area contributed by atoms with Gasteiger partial charge in [-0.25, -0.2) is 8.42 Å². The number of alkyl halides is 3. The maximum absolute atomic E-state index is 14.3. The van der Waals surface area contributed by atoms with E-state index in [1.165, 1.54) is 29.2 Å². The molecule has 0 bridgehead atoms. The summed E-state index contributed by atoms with van der Waals surface area (Å²) in [6.45, 7) is 1.04. The van der Waals surface area contributed by atoms with E-state index in [9.17, 15) is 31.2 Å². The van der Waals surface area contributed by atoms with Gasteiger partial charge < -0.3 is 10.2 Å². The fourth-order valence-electron chi connectivity index (χ4n) is 4.76. The Bertz CT molecular complexity index is 1710. The van der Waals surface area contributed by atoms with Crippen molar-refractivity contribution in [2.24, 2.45) is 0 Å². The van der Waals surface area contributed by atoms with Gasteiger partial charge in [-0.2, -0.15) is 13.2 Å². The van der Waals surface area contributed by atoms with Gasteiger partial charge >= 0.3 is 6.18 Å². The molecular formula is C33H31ClF3N3O4S. The maximum Gasteiger partial charge on any atom is 0.417 e. The number of halogens is 4. The van der Waals surface area contributed by atoms with E-state index in [-0.39, 0.29) is 24.4 Å². The number of anilines is 1. The van der Waals surface area contributed by atoms with Gasteiger partial charge in [-0.3, -0.25) is 13.9 Å². The SMILES string of the molecule is CCNC(=O)[C@@H](Cc1ccccc1)N(Cc1ccccc1)C(=O)CN(c1ccc(Cl)c(C(F)(F)F)c1)S(=O)(=O)c1ccccc1. The summed E-state index contributed by atoms with van der Waals surface area (Å²) in [4.78, 5) is 28.8. The van der Waals surface area contributed by atoms with Crippen LogP contribution in [0.15, 0.2) is 114 Å². The van der Waals surface area contributed by atoms with Crippen molar-refractivity contribution in [2.45, 2.75) is 37.0 Å². The Hall–Kier alpha value is -4.35. The number of likely N-dealkylation sites (N-methyl/N-ethyl adjacent to an activating group) is 1. The Kier molecular flexibility index (Phi) is 10.9. The third-order valence-electron chi connectivity index (χ3n) is 6.97. The first-order chi connectivity index (χ1) is 21.4. The van der Waals surface area contributed by atoms with Crippen LogP contribution in [0.3, 0.4) is 0 Å². The number of hydrogen-bond acceptors (Lipinski definition) is 4. The summed E-state index contributed by atoms with van der Waals surface area (Å²) in [6, 6.07) is 26.5. The molecule has 236 valence electrons. The molecule has 0 radical (unpaired) electrons. The first kappa shape index (κ1) is 33.5. The number of rotatable bonds is 12. The zero-order chi connectivity index (χ0) is 32.6. The molecule has 12 heteroatoms. The summed E-state index contributed by atoms with van der Waals surface area (Å²) in [7, 11) is -4.57. The highest BCUT2D eigenvalue weighted by molar-refractivity contribution is 7.92. The lowest BCUT2D eigenvalue weighted by molar-refractivity contribution is -0.140. The molecule has 4 rings (SSSR count). The van der Waals surface area contributed by atoms with Gasteiger partial charge in [-0.1, -0.05) is 90.5 Å². The third kappa shape index (κ3) is 8.43. The largest absolute Gasteiger partial charge is 0.417 e. The van der Waals surface area contributed by atoms with Crippen molar-refractivity contribution in [1.29, 1.82) is 0 Å². The predicted octanol–water partition coefficient (Wildman–Crippen LogP) is 6.33. The summed E-state index contributed by atoms with van der Waals surface area (Å²) in [5, 5.41) is 2.13. The molecular weight excluding hydrogens is 627 g/mol. The van der Waals surface area contributed by atoms with Crippen LogP contribution in [0.2, 0.25) is 5.02 Å². The monoisotopic (exact) mass is 657 g/mol. The average molecular weight is 658 g/mol. The van der Waals surface area contributed by atoms with Crippen LogP contribution in [-0.2, 0) is 38.8 Å². The van der Waals surface area contributed by atoms with E-state index in [4.69, 9.17) is 11.6 Å². The van der Waals surface area contributed by atoms with Gasteiger partial charge in [-0.05, 0) is 48.4 Å². The number of carbonyl (C=O) groups excluding carboxylic acids is 2. The van der Waals surface area contributed by atoms with Crippen LogP contribution in [-0.4, -0.2) is 44.3 Å². The van der Waals surface area contributed by atoms with Crippen LogP contribution in [0.4, 0.5) is 18.9 Å². The van der Waals surface area contributed by atoms with Crippen molar-refractivity contribution in [1.82, 2.24) is 10.2 Å². The summed E-state index contributed by atoms with van der Waals surface area (Å²) in [5.41, 5.74) is -0.258. The average Bonchev–Trinajstić information content (AvgIpc) is 3.02. The second kappa shape index (κ2) is 14.6. The molecule has 1 N–H and O–H groups in total. The molecule has 0 aliphatic carbocycles. The third-order valence-corrected chi connectivity index (χ3v) is 9.09. The molecule has 7 nitrogen and oxygen atoms in total. The molecule has 2 amide bonds. The van der Waals surface area contributed by atoms with E-state index in [1.54, 1.807) is 67.6 Å². The Morgan fingerprint density at radius 1 is 0.844 bits per heavy atom. The van der Waals surface area contributed by atoms with Crippen LogP contribution in [0.5, 0.6) is 0 Å². The summed E-state index contributed by atoms with van der Waals surface area (Å²) in [6.07, 6.45) is -4.78. The topological polar surface area (TPSA) is 86.8 Å². The summed E-state index contributed by atoms with van der Waals surface area (Å²) in [5.74, 6) is -1.26. The molecule has 1 atom stereocenters. The second-order valence-corrected chi connectivity index (χ2v) is 12.4. The fraction of sp³-hybridized carbons (Fsp3) is 0.212. The number of benzene rings is 4. The van der Waals surface area contributed by atoms with Crippen molar-refractivity contribution in [2.75, 3.05) is 17.4 Å². The highest BCUT2D eigenvalue weighted by Crippen LogP contribution is 2.38. The first-order valence-corrected chi connectivity index (χ1v) is 15.8. The molecule has 0 aromatic heterocycles. The first-order valence-electron chi connectivity index (χ1n) is 14.0. The molecule has 0 aliphatic heterocycles. The van der Waals surface area contributed by atoms with E-state index in [0.29, 0.717) is 15.9 Å². The van der Waals surface area contributed by atoms with Crippen molar-refractivity contribution in [3.05, 3.63) is 131 Å². The molecule has 0 saturated carbocycles. The Morgan fingerprint density at radius 2 is 1.40 bits per heavy atom. The van der Waals surface area contributed by atoms with E-state index >= 15 is 0 Å². The van der Waals surface area contributed by atoms with Crippen LogP contribution in [0, 0.1) is 0 Å². The van der Waals surface area contributed by atoms with Gasteiger partial charge in [0.2, 0.25) is 11.8 Å². The Balaban J connectivity index is 1.83. The number of sulfonamides is 1. The number of nitrogens with zero attached hydrogens (tertiary/aromatic N) is 2. The molecule has 0 aliphatic rings. The zero-order valence-electron chi connectivity index (χ0n) is 24.2. The molecule has 0 fully saturated rings. The van der Waals surface area contributed by atoms with E-state index < -0.39 is 56.9 Å². The van der Waals surface area contributed by atoms with E-state index in [0.717, 1.165) is 17.7 Å². The standard InChI is InChI=1S/C33H31ClF3N3O4S/c1-2-38-32(42)30(20-24-12-6-3-7-13-24)39(22-25-14-8-4-9-15-25)31(41)23-40(45(43,44)27-16-10-5-11-17-27)26-18-19-29(34)28(21-26)33(35,36)37/h3-19,21,30H,2,20,22-23H2,1H3,(H,38,42)/t30-/m1/s1. The molecule has 0 saturated heterocycles. The smallest absolute Gasteiger partial charge is 0.355 e. The lowest BCUT2D eigenvalue weighted by Crippen LogP contribution is -2.53. The zero-order valence-corrected chi connectivity index (χ0v) is 25.8. The van der Waals surface area contributed by atoms with Gasteiger partial charge in [0.1, 0.15) is 12.6 Å². The predicted molar refractivity (Wildman–Crippen MR) is 167 cm³/mol. The molecule has 4 aromatic carbocycles. The van der Waals surface area contributed by atoms with Crippen molar-refractivity contribution >= 4 is 39.1 Å². The van der Waals surface area contributed by atoms with Crippen LogP contribution in [0.25, 0.3) is 0 Å². The van der Waals surface area contributed by atoms with Gasteiger partial charge in [0.25, 0.3) is 10.0 Å². The minimum absolute atomic E-state index is 0.0675. The van der Waals surface area contributed by atoms with Crippen LogP contribution in [0.1, 0.15) is 23.6 Å². The molecule has 0 spiro atoms. The van der Waals surface area contributed by atoms with Gasteiger partial charge in [0, 0.05) is 19.5 Å². The highest BCUT2D eigenvalue weighted by atomic mass is 35.5. The lowest BCUT2D eigenvalue weighted by Gasteiger charge is -2.34. The number of amides is 2. The minimum atomic E-state index is -4.89. The fourth-order valence-corrected chi connectivity index (χ4v) is 6.41. The van der Waals surface area contributed by atoms with Gasteiger partial charge in [0.05, 0.1) is 21.2 Å². The van der Waals surface area contributed by atoms with Gasteiger partial charge in [-0.15, -0.1) is 0 Å². The van der Waals surface area contributed by atoms with Crippen LogP contribution >= 0.6 is 11.6 Å². The number of hydrogen-bond donors (Lipinski definition) is 1. The van der Waals surface area contributed by atoms with Crippen molar-refractivity contribution < 1.29 is 31.2 Å². The summed E-state index contributed by atoms with van der Waals surface area (Å²) >= 11 is 5.84. The van der Waals surface area contributed by atoms with E-state index in [1.807, 2.05) is 6.07 Å². The summed E-state index contributed by atoms with van der Waals surface area (Å²) < 4.78 is 70.1. The number of carbonyl (C=O) groups is 2. The number of nitrogens with one attached hydrogen (secondary N) is 1. The maximum atomic E-state index is 14.3. The van der Waals surface area contributed by atoms with E-state index in [2.05, 4.69) is 5.32 Å². The highest BCUT2D eigenvalue weighted by Gasteiger charge is 2.37. The lowest BCUT2D eigenvalue weighted by atomic mass is 10.0. The molecule has 0 heterocycles. The Morgan fingerprint density at radius 3 is 1.96 bits per heavy atom. The van der Waals surface area contributed by atoms with Gasteiger partial charge in [0.15, 0.2) is 0 Å². The Labute approximate surface area is 265 Å². The molecule has 4 aromatic rings. The molecule has 0 unspecified atom stereocenters. The normalized spacial score (nSPS) is 12.3. The quantitative estimate of drug-likeness (QED) is 0.193.